The lowest BCUT2D eigenvalue weighted by Crippen LogP contribution is -2.01. The van der Waals surface area contributed by atoms with E-state index in [-0.39, 0.29) is 10.3 Å². The quantitative estimate of drug-likeness (QED) is 0.569. The summed E-state index contributed by atoms with van der Waals surface area (Å²) in [7, 11) is 0. The van der Waals surface area contributed by atoms with Gasteiger partial charge in [0.25, 0.3) is 0 Å². The lowest BCUT2D eigenvalue weighted by molar-refractivity contribution is 0.104. The molecule has 1 heterocycles. The zero-order chi connectivity index (χ0) is 12.6. The first-order valence-corrected chi connectivity index (χ1v) is 7.69. The second-order valence-electron chi connectivity index (χ2n) is 3.16. The van der Waals surface area contributed by atoms with Crippen molar-refractivity contribution in [3.63, 3.8) is 0 Å². The van der Waals surface area contributed by atoms with Crippen LogP contribution < -0.4 is 0 Å². The third-order valence-electron chi connectivity index (χ3n) is 2.09. The van der Waals surface area contributed by atoms with Gasteiger partial charge in [-0.05, 0) is 59.9 Å². The molecule has 1 aromatic carbocycles. The van der Waals surface area contributed by atoms with E-state index in [4.69, 9.17) is 0 Å². The van der Waals surface area contributed by atoms with Gasteiger partial charge in [-0.2, -0.15) is 0 Å². The van der Waals surface area contributed by atoms with Crippen molar-refractivity contribution in [3.05, 3.63) is 53.3 Å². The highest BCUT2D eigenvalue weighted by Gasteiger charge is 2.20. The van der Waals surface area contributed by atoms with Crippen LogP contribution in [0.25, 0.3) is 0 Å². The summed E-state index contributed by atoms with van der Waals surface area (Å²) in [4.78, 5) is 12.8. The fourth-order valence-corrected chi connectivity index (χ4v) is 3.83. The normalized spacial score (nSPS) is 10.6. The summed E-state index contributed by atoms with van der Waals surface area (Å²) in [6, 6.07) is 4.42. The van der Waals surface area contributed by atoms with E-state index in [9.17, 15) is 9.18 Å². The number of halogens is 4. The van der Waals surface area contributed by atoms with Crippen LogP contribution in [0.3, 0.4) is 0 Å². The van der Waals surface area contributed by atoms with Crippen molar-refractivity contribution in [3.8, 4) is 0 Å². The second-order valence-corrected chi connectivity index (χ2v) is 6.48. The van der Waals surface area contributed by atoms with Gasteiger partial charge in [-0.15, -0.1) is 11.3 Å². The molecule has 0 bridgehead atoms. The number of ketones is 1. The third-order valence-corrected chi connectivity index (χ3v) is 6.42. The molecule has 0 aliphatic heterocycles. The number of rotatable bonds is 2. The highest BCUT2D eigenvalue weighted by Crippen LogP contribution is 2.35. The highest BCUT2D eigenvalue weighted by molar-refractivity contribution is 9.13. The van der Waals surface area contributed by atoms with Crippen LogP contribution in [0.1, 0.15) is 15.2 Å². The molecule has 2 aromatic rings. The maximum atomic E-state index is 13.3. The lowest BCUT2D eigenvalue weighted by atomic mass is 10.1. The average molecular weight is 443 g/mol. The van der Waals surface area contributed by atoms with E-state index >= 15 is 0 Å². The molecule has 1 nitrogen and oxygen atoms in total. The average Bonchev–Trinajstić information content (AvgIpc) is 2.63. The second kappa shape index (κ2) is 5.30. The van der Waals surface area contributed by atoms with E-state index in [0.717, 1.165) is 4.47 Å². The van der Waals surface area contributed by atoms with Crippen LogP contribution in [0.15, 0.2) is 37.0 Å². The Kier molecular flexibility index (Phi) is 4.18. The van der Waals surface area contributed by atoms with Gasteiger partial charge in [-0.3, -0.25) is 4.79 Å². The van der Waals surface area contributed by atoms with E-state index in [1.807, 2.05) is 5.38 Å². The summed E-state index contributed by atoms with van der Waals surface area (Å²) in [5.41, 5.74) is 0.319. The standard InChI is InChI=1S/C11H4Br3FOS/c12-6-4-17-11(9(6)14)10(16)5-2-1-3-7(15)8(5)13/h1-4H. The van der Waals surface area contributed by atoms with Crippen molar-refractivity contribution >= 4 is 64.9 Å². The molecule has 0 N–H and O–H groups in total. The summed E-state index contributed by atoms with van der Waals surface area (Å²) >= 11 is 11.0. The van der Waals surface area contributed by atoms with Crippen LogP contribution in [0.4, 0.5) is 4.39 Å². The van der Waals surface area contributed by atoms with Gasteiger partial charge in [0.05, 0.1) is 13.8 Å². The maximum Gasteiger partial charge on any atom is 0.205 e. The Hall–Kier alpha value is -0.0400. The Morgan fingerprint density at radius 3 is 2.47 bits per heavy atom. The molecule has 0 aliphatic carbocycles. The molecule has 6 heteroatoms. The van der Waals surface area contributed by atoms with Crippen LogP contribution >= 0.6 is 59.1 Å². The van der Waals surface area contributed by atoms with E-state index < -0.39 is 5.82 Å². The highest BCUT2D eigenvalue weighted by atomic mass is 79.9. The van der Waals surface area contributed by atoms with Gasteiger partial charge >= 0.3 is 0 Å². The van der Waals surface area contributed by atoms with Crippen LogP contribution in [-0.4, -0.2) is 5.78 Å². The van der Waals surface area contributed by atoms with E-state index in [2.05, 4.69) is 47.8 Å². The minimum Gasteiger partial charge on any atom is -0.288 e. The Labute approximate surface area is 126 Å². The largest absolute Gasteiger partial charge is 0.288 e. The Balaban J connectivity index is 2.51. The number of carbonyl (C=O) groups excluding carboxylic acids is 1. The molecule has 0 aliphatic rings. The summed E-state index contributed by atoms with van der Waals surface area (Å²) in [6.45, 7) is 0. The lowest BCUT2D eigenvalue weighted by Gasteiger charge is -2.03. The minimum absolute atomic E-state index is 0.196. The van der Waals surface area contributed by atoms with Crippen molar-refractivity contribution in [1.29, 1.82) is 0 Å². The summed E-state index contributed by atoms with van der Waals surface area (Å²) in [5.74, 6) is -0.651. The van der Waals surface area contributed by atoms with Gasteiger partial charge in [-0.25, -0.2) is 4.39 Å². The van der Waals surface area contributed by atoms with Crippen molar-refractivity contribution in [2.24, 2.45) is 0 Å². The van der Waals surface area contributed by atoms with E-state index in [0.29, 0.717) is 14.9 Å². The molecule has 0 atom stereocenters. The van der Waals surface area contributed by atoms with E-state index in [1.165, 1.54) is 23.5 Å². The maximum absolute atomic E-state index is 13.3. The van der Waals surface area contributed by atoms with Crippen molar-refractivity contribution in [2.45, 2.75) is 0 Å². The minimum atomic E-state index is -0.442. The van der Waals surface area contributed by atoms with Gasteiger partial charge in [-0.1, -0.05) is 6.07 Å². The topological polar surface area (TPSA) is 17.1 Å². The summed E-state index contributed by atoms with van der Waals surface area (Å²) < 4.78 is 15.1. The van der Waals surface area contributed by atoms with Gasteiger partial charge < -0.3 is 0 Å². The zero-order valence-electron chi connectivity index (χ0n) is 8.14. The summed E-state index contributed by atoms with van der Waals surface area (Å²) in [5, 5.41) is 1.81. The first kappa shape index (κ1) is 13.4. The third kappa shape index (κ3) is 2.54. The van der Waals surface area contributed by atoms with Crippen LogP contribution in [-0.2, 0) is 0 Å². The van der Waals surface area contributed by atoms with E-state index in [1.54, 1.807) is 6.07 Å². The molecule has 2 rings (SSSR count). The van der Waals surface area contributed by atoms with Gasteiger partial charge in [0.15, 0.2) is 0 Å². The Morgan fingerprint density at radius 2 is 1.88 bits per heavy atom. The van der Waals surface area contributed by atoms with Crippen molar-refractivity contribution in [1.82, 2.24) is 0 Å². The molecule has 0 fully saturated rings. The molecule has 0 amide bonds. The molecule has 1 aromatic heterocycles. The molecule has 0 saturated carbocycles. The smallest absolute Gasteiger partial charge is 0.205 e. The van der Waals surface area contributed by atoms with Crippen LogP contribution in [0.5, 0.6) is 0 Å². The predicted octanol–water partition coefficient (Wildman–Crippen LogP) is 5.41. The number of carbonyl (C=O) groups is 1. The molecule has 0 radical (unpaired) electrons. The van der Waals surface area contributed by atoms with Crippen molar-refractivity contribution in [2.75, 3.05) is 0 Å². The van der Waals surface area contributed by atoms with Gasteiger partial charge in [0, 0.05) is 15.4 Å². The van der Waals surface area contributed by atoms with Crippen molar-refractivity contribution < 1.29 is 9.18 Å². The molecule has 0 saturated heterocycles. The van der Waals surface area contributed by atoms with Crippen LogP contribution in [0.2, 0.25) is 0 Å². The monoisotopic (exact) mass is 440 g/mol. The van der Waals surface area contributed by atoms with Gasteiger partial charge in [0.2, 0.25) is 5.78 Å². The SMILES string of the molecule is O=C(c1cccc(F)c1Br)c1scc(Br)c1Br. The fraction of sp³-hybridized carbons (Fsp3) is 0. The zero-order valence-corrected chi connectivity index (χ0v) is 13.7. The van der Waals surface area contributed by atoms with Crippen LogP contribution in [0, 0.1) is 5.82 Å². The predicted molar refractivity (Wildman–Crippen MR) is 77.3 cm³/mol. The Bertz CT molecular complexity index is 594. The number of hydrogen-bond donors (Lipinski definition) is 0. The van der Waals surface area contributed by atoms with Gasteiger partial charge in [0.1, 0.15) is 5.82 Å². The number of thiophene rings is 1. The Morgan fingerprint density at radius 1 is 1.18 bits per heavy atom. The first-order valence-electron chi connectivity index (χ1n) is 4.43. The number of benzene rings is 1. The number of hydrogen-bond acceptors (Lipinski definition) is 2. The summed E-state index contributed by atoms with van der Waals surface area (Å²) in [6.07, 6.45) is 0. The molecule has 88 valence electrons. The molecule has 0 unspecified atom stereocenters. The first-order chi connectivity index (χ1) is 8.02. The molecule has 17 heavy (non-hydrogen) atoms. The molecule has 0 spiro atoms. The molecular formula is C11H4Br3FOS. The molecular weight excluding hydrogens is 439 g/mol. The fourth-order valence-electron chi connectivity index (χ4n) is 1.28.